The third kappa shape index (κ3) is 7.76. The topological polar surface area (TPSA) is 92.5 Å². The molecule has 3 N–H and O–H groups in total. The van der Waals surface area contributed by atoms with Crippen molar-refractivity contribution in [2.24, 2.45) is 11.7 Å². The number of likely N-dealkylation sites (N-methyl/N-ethyl adjacent to an activating group) is 1. The van der Waals surface area contributed by atoms with Gasteiger partial charge in [0.1, 0.15) is 6.04 Å². The number of carbonyl (C=O) groups is 3. The average molecular weight is 538 g/mol. The van der Waals surface area contributed by atoms with Crippen LogP contribution in [0.15, 0.2) is 91.0 Å². The number of Topliss-reactive ketones (excluding diaryl/α,β-unsaturated/α-hetero) is 1. The lowest BCUT2D eigenvalue weighted by molar-refractivity contribution is -0.137. The molecular weight excluding hydrogens is 498 g/mol. The van der Waals surface area contributed by atoms with Gasteiger partial charge in [-0.05, 0) is 48.1 Å². The van der Waals surface area contributed by atoms with Gasteiger partial charge in [-0.25, -0.2) is 0 Å². The summed E-state index contributed by atoms with van der Waals surface area (Å²) in [7, 11) is 1.76. The first kappa shape index (κ1) is 29.0. The lowest BCUT2D eigenvalue weighted by Gasteiger charge is -2.27. The van der Waals surface area contributed by atoms with E-state index >= 15 is 0 Å². The Labute approximate surface area is 237 Å². The number of nitrogens with one attached hydrogen (secondary N) is 1. The van der Waals surface area contributed by atoms with Gasteiger partial charge >= 0.3 is 0 Å². The van der Waals surface area contributed by atoms with Crippen LogP contribution in [0.5, 0.6) is 0 Å². The zero-order chi connectivity index (χ0) is 28.3. The number of amides is 2. The van der Waals surface area contributed by atoms with Crippen molar-refractivity contribution in [1.29, 1.82) is 0 Å². The molecule has 3 aromatic carbocycles. The number of ketones is 1. The van der Waals surface area contributed by atoms with E-state index in [1.165, 1.54) is 0 Å². The van der Waals surface area contributed by atoms with Crippen LogP contribution < -0.4 is 11.1 Å². The third-order valence-electron chi connectivity index (χ3n) is 7.48. The minimum absolute atomic E-state index is 0.0371. The second-order valence-corrected chi connectivity index (χ2v) is 10.5. The molecule has 0 aliphatic heterocycles. The van der Waals surface area contributed by atoms with E-state index < -0.39 is 12.0 Å². The molecule has 0 heterocycles. The van der Waals surface area contributed by atoms with E-state index in [-0.39, 0.29) is 24.0 Å². The van der Waals surface area contributed by atoms with Crippen LogP contribution in [-0.4, -0.2) is 42.1 Å². The summed E-state index contributed by atoms with van der Waals surface area (Å²) < 4.78 is 0. The minimum atomic E-state index is -0.748. The Bertz CT molecular complexity index is 1320. The number of nitrogens with zero attached hydrogens (tertiary/aromatic N) is 1. The summed E-state index contributed by atoms with van der Waals surface area (Å²) >= 11 is 0. The van der Waals surface area contributed by atoms with Gasteiger partial charge in [-0.3, -0.25) is 14.4 Å². The number of benzene rings is 3. The summed E-state index contributed by atoms with van der Waals surface area (Å²) in [5.74, 6) is -1.01. The van der Waals surface area contributed by atoms with Gasteiger partial charge in [0, 0.05) is 37.9 Å². The molecule has 6 heteroatoms. The molecule has 0 saturated carbocycles. The number of fused-ring (bicyclic) bond motifs is 1. The monoisotopic (exact) mass is 537 g/mol. The maximum absolute atomic E-state index is 13.7. The van der Waals surface area contributed by atoms with Crippen LogP contribution in [0.4, 0.5) is 0 Å². The predicted octanol–water partition coefficient (Wildman–Crippen LogP) is 4.72. The molecule has 2 amide bonds. The minimum Gasteiger partial charge on any atom is -0.344 e. The van der Waals surface area contributed by atoms with Gasteiger partial charge < -0.3 is 16.0 Å². The number of hydrogen-bond donors (Lipinski definition) is 2. The van der Waals surface area contributed by atoms with Crippen molar-refractivity contribution in [3.8, 4) is 0 Å². The number of nitrogens with two attached hydrogens (primary N) is 1. The van der Waals surface area contributed by atoms with Gasteiger partial charge in [0.05, 0.1) is 0 Å². The van der Waals surface area contributed by atoms with E-state index in [0.717, 1.165) is 41.5 Å². The Hall–Kier alpha value is -4.03. The van der Waals surface area contributed by atoms with Crippen molar-refractivity contribution >= 4 is 23.2 Å². The number of hydrogen-bond acceptors (Lipinski definition) is 4. The number of rotatable bonds is 14. The quantitative estimate of drug-likeness (QED) is 0.291. The van der Waals surface area contributed by atoms with Gasteiger partial charge in [-0.2, -0.15) is 0 Å². The average Bonchev–Trinajstić information content (AvgIpc) is 3.41. The molecular formula is C34H39N3O3. The Morgan fingerprint density at radius 2 is 1.52 bits per heavy atom. The summed E-state index contributed by atoms with van der Waals surface area (Å²) in [6.45, 7) is 0.965. The van der Waals surface area contributed by atoms with Crippen LogP contribution in [0.1, 0.15) is 47.9 Å². The van der Waals surface area contributed by atoms with Crippen molar-refractivity contribution in [3.05, 3.63) is 113 Å². The predicted molar refractivity (Wildman–Crippen MR) is 159 cm³/mol. The smallest absolute Gasteiger partial charge is 0.245 e. The van der Waals surface area contributed by atoms with Gasteiger partial charge in [0.25, 0.3) is 0 Å². The van der Waals surface area contributed by atoms with E-state index in [1.54, 1.807) is 11.9 Å². The summed E-state index contributed by atoms with van der Waals surface area (Å²) in [6.07, 6.45) is 5.20. The molecule has 40 heavy (non-hydrogen) atoms. The van der Waals surface area contributed by atoms with E-state index in [4.69, 9.17) is 5.73 Å². The lowest BCUT2D eigenvalue weighted by atomic mass is 9.90. The van der Waals surface area contributed by atoms with Crippen molar-refractivity contribution in [2.45, 2.75) is 51.1 Å². The van der Waals surface area contributed by atoms with Crippen molar-refractivity contribution < 1.29 is 14.4 Å². The number of unbranched alkanes of at least 4 members (excludes halogenated alkanes) is 1. The lowest BCUT2D eigenvalue weighted by Crippen LogP contribution is -2.50. The second kappa shape index (κ2) is 14.4. The standard InChI is InChI=1S/C34H39N3O3/c1-37(24-26-14-6-3-7-15-26)34(40)31(22-25-12-4-2-5-13-25)36-33(39)28(17-10-11-21-35)23-32(38)30-20-19-27-16-8-9-18-29(27)30/h2-9,12-16,18,20,28,31H,10-11,17,19,21-24,35H2,1H3,(H,36,39)/t28-,31+/m1/s1. The van der Waals surface area contributed by atoms with Gasteiger partial charge in [-0.15, -0.1) is 0 Å². The molecule has 0 bridgehead atoms. The van der Waals surface area contributed by atoms with Gasteiger partial charge in [0.2, 0.25) is 11.8 Å². The molecule has 0 aromatic heterocycles. The maximum atomic E-state index is 13.7. The molecule has 0 unspecified atom stereocenters. The molecule has 208 valence electrons. The second-order valence-electron chi connectivity index (χ2n) is 10.5. The summed E-state index contributed by atoms with van der Waals surface area (Å²) in [5, 5.41) is 3.04. The van der Waals surface area contributed by atoms with Crippen LogP contribution in [0.2, 0.25) is 0 Å². The summed E-state index contributed by atoms with van der Waals surface area (Å²) in [6, 6.07) is 26.6. The summed E-state index contributed by atoms with van der Waals surface area (Å²) in [4.78, 5) is 42.5. The Morgan fingerprint density at radius 3 is 2.23 bits per heavy atom. The van der Waals surface area contributed by atoms with Crippen LogP contribution in [0.3, 0.4) is 0 Å². The normalized spacial score (nSPS) is 13.6. The fraction of sp³-hybridized carbons (Fsp3) is 0.324. The molecule has 2 atom stereocenters. The molecule has 1 aliphatic carbocycles. The van der Waals surface area contributed by atoms with E-state index in [0.29, 0.717) is 31.5 Å². The molecule has 0 spiro atoms. The van der Waals surface area contributed by atoms with Crippen LogP contribution in [0, 0.1) is 5.92 Å². The first-order valence-corrected chi connectivity index (χ1v) is 14.1. The van der Waals surface area contributed by atoms with Crippen LogP contribution in [-0.2, 0) is 33.8 Å². The highest BCUT2D eigenvalue weighted by Gasteiger charge is 2.30. The van der Waals surface area contributed by atoms with Crippen molar-refractivity contribution in [3.63, 3.8) is 0 Å². The summed E-state index contributed by atoms with van der Waals surface area (Å²) in [5.41, 5.74) is 10.5. The SMILES string of the molecule is CN(Cc1ccccc1)C(=O)[C@H](Cc1ccccc1)NC(=O)[C@H](CCCCN)CC(=O)C1=CCc2ccccc21. The molecule has 6 nitrogen and oxygen atoms in total. The zero-order valence-corrected chi connectivity index (χ0v) is 23.2. The van der Waals surface area contributed by atoms with Gasteiger partial charge in [0.15, 0.2) is 5.78 Å². The van der Waals surface area contributed by atoms with Crippen molar-refractivity contribution in [2.75, 3.05) is 13.6 Å². The number of carbonyl (C=O) groups excluding carboxylic acids is 3. The maximum Gasteiger partial charge on any atom is 0.245 e. The first-order valence-electron chi connectivity index (χ1n) is 14.1. The molecule has 4 rings (SSSR count). The molecule has 0 fully saturated rings. The Kier molecular flexibility index (Phi) is 10.4. The fourth-order valence-corrected chi connectivity index (χ4v) is 5.28. The molecule has 0 saturated heterocycles. The van der Waals surface area contributed by atoms with Crippen molar-refractivity contribution in [1.82, 2.24) is 10.2 Å². The molecule has 1 aliphatic rings. The van der Waals surface area contributed by atoms with Gasteiger partial charge in [-0.1, -0.05) is 97.4 Å². The van der Waals surface area contributed by atoms with E-state index in [1.807, 2.05) is 91.0 Å². The molecule has 3 aromatic rings. The highest BCUT2D eigenvalue weighted by Crippen LogP contribution is 2.30. The van der Waals surface area contributed by atoms with E-state index in [2.05, 4.69) is 5.32 Å². The highest BCUT2D eigenvalue weighted by molar-refractivity contribution is 6.22. The Balaban J connectivity index is 1.50. The highest BCUT2D eigenvalue weighted by atomic mass is 16.2. The van der Waals surface area contributed by atoms with Crippen LogP contribution in [0.25, 0.3) is 5.57 Å². The van der Waals surface area contributed by atoms with E-state index in [9.17, 15) is 14.4 Å². The van der Waals surface area contributed by atoms with Crippen LogP contribution >= 0.6 is 0 Å². The third-order valence-corrected chi connectivity index (χ3v) is 7.48. The molecule has 0 radical (unpaired) electrons. The largest absolute Gasteiger partial charge is 0.344 e. The first-order chi connectivity index (χ1) is 19.5. The number of allylic oxidation sites excluding steroid dienone is 2. The fourth-order valence-electron chi connectivity index (χ4n) is 5.28. The zero-order valence-electron chi connectivity index (χ0n) is 23.2. The Morgan fingerprint density at radius 1 is 0.875 bits per heavy atom.